The van der Waals surface area contributed by atoms with Crippen molar-refractivity contribution in [3.63, 3.8) is 0 Å². The minimum absolute atomic E-state index is 0.121. The number of nitrogens with one attached hydrogen (secondary N) is 1. The molecule has 0 radical (unpaired) electrons. The number of aliphatic hydroxyl groups is 2. The summed E-state index contributed by atoms with van der Waals surface area (Å²) in [6.07, 6.45) is -9.31. The summed E-state index contributed by atoms with van der Waals surface area (Å²) in [6.45, 7) is 12.7. The van der Waals surface area contributed by atoms with E-state index in [2.05, 4.69) is 5.32 Å². The molecule has 3 aliphatic carbocycles. The highest BCUT2D eigenvalue weighted by molar-refractivity contribution is 5.94. The normalized spacial score (nSPS) is 33.0. The molecule has 3 N–H and O–H groups in total. The Balaban J connectivity index is 1.52. The monoisotopic (exact) mass is 835 g/mol. The zero-order chi connectivity index (χ0) is 44.2. The van der Waals surface area contributed by atoms with Crippen molar-refractivity contribution in [3.05, 3.63) is 82.9 Å². The second-order valence-corrected chi connectivity index (χ2v) is 18.0. The van der Waals surface area contributed by atoms with Crippen LogP contribution in [0.5, 0.6) is 0 Å². The third kappa shape index (κ3) is 7.52. The van der Waals surface area contributed by atoms with Gasteiger partial charge in [0.15, 0.2) is 17.5 Å². The van der Waals surface area contributed by atoms with E-state index in [0.717, 1.165) is 0 Å². The van der Waals surface area contributed by atoms with E-state index in [1.807, 2.05) is 0 Å². The van der Waals surface area contributed by atoms with Gasteiger partial charge in [0.1, 0.15) is 35.6 Å². The highest BCUT2D eigenvalue weighted by Gasteiger charge is 2.78. The largest absolute Gasteiger partial charge is 0.456 e. The average molecular weight is 836 g/mol. The number of esters is 3. The van der Waals surface area contributed by atoms with Gasteiger partial charge in [0.25, 0.3) is 0 Å². The van der Waals surface area contributed by atoms with E-state index < -0.39 is 112 Å². The maximum absolute atomic E-state index is 15.5. The Bertz CT molecular complexity index is 2010. The molecule has 60 heavy (non-hydrogen) atoms. The van der Waals surface area contributed by atoms with E-state index >= 15 is 4.79 Å². The number of Topliss-reactive ketones (excluding diaryl/α,β-unsaturated/α-hetero) is 1. The molecule has 0 spiro atoms. The van der Waals surface area contributed by atoms with Crippen LogP contribution in [0.25, 0.3) is 0 Å². The van der Waals surface area contributed by atoms with Crippen molar-refractivity contribution in [3.8, 4) is 0 Å². The predicted octanol–water partition coefficient (Wildman–Crippen LogP) is 4.57. The quantitative estimate of drug-likeness (QED) is 0.171. The lowest BCUT2D eigenvalue weighted by atomic mass is 9.44. The zero-order valence-corrected chi connectivity index (χ0v) is 35.8. The van der Waals surface area contributed by atoms with Crippen molar-refractivity contribution >= 4 is 29.8 Å². The third-order valence-electron chi connectivity index (χ3n) is 13.0. The van der Waals surface area contributed by atoms with Crippen molar-refractivity contribution in [1.82, 2.24) is 5.32 Å². The standard InChI is InChI=1S/C45H57NO14/c1-24-28(57-39(51)33(48)32(26-17-13-11-14-18-26)46-40(52)60-41(3,4)5)22-45(53)37(58-38(50)27-19-15-12-16-20-27)35-43(8,36(49)34(55-10)31(24)42(45,6)7)29(54-9)21-30-44(35,23-56-30)59-25(2)47/h11-20,28-30,32-35,37,48,53H,21-23H2,1-10H3,(H,46,52)/t28-,29-,30+,32-,33+,34+,35-,37-,43+,44-,45+/m1/s1. The number of hydrogen-bond acceptors (Lipinski definition) is 14. The molecule has 15 nitrogen and oxygen atoms in total. The zero-order valence-electron chi connectivity index (χ0n) is 35.8. The van der Waals surface area contributed by atoms with Crippen LogP contribution < -0.4 is 5.32 Å². The Morgan fingerprint density at radius 1 is 0.933 bits per heavy atom. The van der Waals surface area contributed by atoms with Gasteiger partial charge in [-0.15, -0.1) is 0 Å². The smallest absolute Gasteiger partial charge is 0.408 e. The van der Waals surface area contributed by atoms with E-state index in [4.69, 9.17) is 33.2 Å². The second-order valence-electron chi connectivity index (χ2n) is 18.0. The Morgan fingerprint density at radius 3 is 2.08 bits per heavy atom. The molecule has 11 atom stereocenters. The summed E-state index contributed by atoms with van der Waals surface area (Å²) in [5, 5.41) is 28.0. The van der Waals surface area contributed by atoms with Gasteiger partial charge < -0.3 is 48.7 Å². The first-order chi connectivity index (χ1) is 28.1. The topological polar surface area (TPSA) is 202 Å². The van der Waals surface area contributed by atoms with Gasteiger partial charge in [-0.05, 0) is 63.5 Å². The van der Waals surface area contributed by atoms with Gasteiger partial charge in [-0.2, -0.15) is 0 Å². The number of carbonyl (C=O) groups is 5. The van der Waals surface area contributed by atoms with E-state index in [-0.39, 0.29) is 24.2 Å². The molecule has 2 aromatic carbocycles. The van der Waals surface area contributed by atoms with Crippen molar-refractivity contribution in [2.75, 3.05) is 20.8 Å². The first-order valence-electron chi connectivity index (χ1n) is 20.1. The molecule has 2 saturated carbocycles. The molecular weight excluding hydrogens is 778 g/mol. The molecule has 2 bridgehead atoms. The fourth-order valence-electron chi connectivity index (χ4n) is 10.1. The van der Waals surface area contributed by atoms with Crippen molar-refractivity contribution in [2.24, 2.45) is 16.7 Å². The number of methoxy groups -OCH3 is 2. The molecule has 0 unspecified atom stereocenters. The van der Waals surface area contributed by atoms with Crippen LogP contribution in [0.4, 0.5) is 4.79 Å². The third-order valence-corrected chi connectivity index (χ3v) is 13.0. The summed E-state index contributed by atoms with van der Waals surface area (Å²) in [6, 6.07) is 15.1. The highest BCUT2D eigenvalue weighted by atomic mass is 16.6. The highest BCUT2D eigenvalue weighted by Crippen LogP contribution is 2.64. The summed E-state index contributed by atoms with van der Waals surface area (Å²) in [7, 11) is 2.78. The van der Waals surface area contributed by atoms with Gasteiger partial charge >= 0.3 is 24.0 Å². The predicted molar refractivity (Wildman–Crippen MR) is 213 cm³/mol. The molecule has 1 heterocycles. The molecule has 1 aliphatic heterocycles. The van der Waals surface area contributed by atoms with Gasteiger partial charge in [-0.25, -0.2) is 14.4 Å². The number of alkyl carbamates (subject to hydrolysis) is 1. The minimum Gasteiger partial charge on any atom is -0.456 e. The Morgan fingerprint density at radius 2 is 1.55 bits per heavy atom. The van der Waals surface area contributed by atoms with Crippen LogP contribution in [0, 0.1) is 16.7 Å². The number of aliphatic hydroxyl groups excluding tert-OH is 1. The maximum Gasteiger partial charge on any atom is 0.408 e. The van der Waals surface area contributed by atoms with Crippen molar-refractivity contribution < 1.29 is 67.3 Å². The summed E-state index contributed by atoms with van der Waals surface area (Å²) in [5.74, 6) is -4.52. The molecule has 2 aromatic rings. The molecule has 4 aliphatic rings. The summed E-state index contributed by atoms with van der Waals surface area (Å²) in [4.78, 5) is 70.1. The van der Waals surface area contributed by atoms with E-state index in [0.29, 0.717) is 11.1 Å². The number of carbonyl (C=O) groups excluding carboxylic acids is 5. The van der Waals surface area contributed by atoms with E-state index in [1.54, 1.807) is 109 Å². The van der Waals surface area contributed by atoms with Gasteiger partial charge in [0.2, 0.25) is 0 Å². The first kappa shape index (κ1) is 44.9. The molecule has 3 fully saturated rings. The average Bonchev–Trinajstić information content (AvgIpc) is 3.18. The number of hydrogen-bond donors (Lipinski definition) is 3. The van der Waals surface area contributed by atoms with Crippen LogP contribution in [0.2, 0.25) is 0 Å². The van der Waals surface area contributed by atoms with Crippen LogP contribution in [-0.4, -0.2) is 114 Å². The Kier molecular flexibility index (Phi) is 12.2. The Labute approximate surface area is 350 Å². The lowest BCUT2D eigenvalue weighted by Gasteiger charge is -2.67. The number of ether oxygens (including phenoxy) is 7. The lowest BCUT2D eigenvalue weighted by molar-refractivity contribution is -0.347. The number of amides is 1. The second kappa shape index (κ2) is 16.3. The molecule has 6 rings (SSSR count). The van der Waals surface area contributed by atoms with Crippen molar-refractivity contribution in [1.29, 1.82) is 0 Å². The molecule has 1 amide bonds. The summed E-state index contributed by atoms with van der Waals surface area (Å²) in [5.41, 5.74) is -6.72. The maximum atomic E-state index is 15.5. The Hall–Kier alpha value is -4.67. The lowest BCUT2D eigenvalue weighted by Crippen LogP contribution is -2.82. The SMILES string of the molecule is CO[C@@H]1C(=O)[C@@]2(C)[C@H](OC)C[C@@H]3OC[C@]3(OC(C)=O)[C@@H]2[C@@H](OC(=O)c2ccccc2)[C@@]2(O)C[C@@H](OC(=O)[C@@H](O)[C@H](NC(=O)OC(C)(C)C)c3ccccc3)C(C)=C1C2(C)C. The van der Waals surface area contributed by atoms with Crippen LogP contribution in [-0.2, 0) is 47.5 Å². The van der Waals surface area contributed by atoms with Crippen LogP contribution >= 0.6 is 0 Å². The van der Waals surface area contributed by atoms with Gasteiger partial charge in [-0.1, -0.05) is 62.4 Å². The summed E-state index contributed by atoms with van der Waals surface area (Å²) >= 11 is 0. The number of ketones is 1. The van der Waals surface area contributed by atoms with Crippen LogP contribution in [0.3, 0.4) is 0 Å². The fourth-order valence-corrected chi connectivity index (χ4v) is 10.1. The first-order valence-corrected chi connectivity index (χ1v) is 20.1. The minimum atomic E-state index is -2.22. The molecule has 1 saturated heterocycles. The molecule has 326 valence electrons. The molecular formula is C45H57NO14. The molecule has 15 heteroatoms. The fraction of sp³-hybridized carbons (Fsp3) is 0.578. The van der Waals surface area contributed by atoms with Gasteiger partial charge in [-0.3, -0.25) is 9.59 Å². The van der Waals surface area contributed by atoms with Gasteiger partial charge in [0.05, 0.1) is 35.6 Å². The van der Waals surface area contributed by atoms with Crippen LogP contribution in [0.15, 0.2) is 71.8 Å². The van der Waals surface area contributed by atoms with Crippen molar-refractivity contribution in [2.45, 2.75) is 128 Å². The van der Waals surface area contributed by atoms with Gasteiger partial charge in [0, 0.05) is 39.4 Å². The molecule has 0 aromatic heterocycles. The van der Waals surface area contributed by atoms with E-state index in [9.17, 15) is 29.4 Å². The van der Waals surface area contributed by atoms with E-state index in [1.165, 1.54) is 21.1 Å². The van der Waals surface area contributed by atoms with Crippen LogP contribution in [0.1, 0.15) is 90.2 Å². The summed E-state index contributed by atoms with van der Waals surface area (Å²) < 4.78 is 42.4. The number of fused-ring (bicyclic) bond motifs is 5. The number of rotatable bonds is 10. The number of benzene rings is 2.